The van der Waals surface area contributed by atoms with E-state index in [4.69, 9.17) is 14.2 Å². The minimum absolute atomic E-state index is 0.169. The monoisotopic (exact) mass is 279 g/mol. The van der Waals surface area contributed by atoms with Crippen molar-refractivity contribution in [3.05, 3.63) is 36.4 Å². The van der Waals surface area contributed by atoms with Gasteiger partial charge in [-0.1, -0.05) is 6.08 Å². The Hall–Kier alpha value is -1.52. The van der Waals surface area contributed by atoms with Crippen LogP contribution in [0.5, 0.6) is 11.5 Å². The summed E-state index contributed by atoms with van der Waals surface area (Å²) >= 11 is 0. The molecule has 20 heavy (non-hydrogen) atoms. The second kappa shape index (κ2) is 9.39. The highest BCUT2D eigenvalue weighted by Crippen LogP contribution is 2.28. The zero-order valence-electron chi connectivity index (χ0n) is 12.6. The fraction of sp³-hybridized carbons (Fsp3) is 0.500. The molecule has 0 radical (unpaired) electrons. The number of ether oxygens (including phenoxy) is 3. The molecule has 1 unspecified atom stereocenters. The molecule has 0 aliphatic rings. The molecule has 0 amide bonds. The average molecular weight is 279 g/mol. The number of methoxy groups -OCH3 is 2. The quantitative estimate of drug-likeness (QED) is 0.528. The molecule has 0 spiro atoms. The van der Waals surface area contributed by atoms with Crippen molar-refractivity contribution in [3.63, 3.8) is 0 Å². The van der Waals surface area contributed by atoms with Crippen LogP contribution >= 0.6 is 0 Å². The molecule has 4 nitrogen and oxygen atoms in total. The maximum atomic E-state index is 5.47. The van der Waals surface area contributed by atoms with Crippen molar-refractivity contribution in [1.29, 1.82) is 0 Å². The van der Waals surface area contributed by atoms with Crippen molar-refractivity contribution in [2.75, 3.05) is 34.0 Å². The van der Waals surface area contributed by atoms with Crippen LogP contribution < -0.4 is 14.8 Å². The van der Waals surface area contributed by atoms with Gasteiger partial charge in [-0.25, -0.2) is 0 Å². The van der Waals surface area contributed by atoms with Gasteiger partial charge < -0.3 is 19.5 Å². The number of rotatable bonds is 10. The fourth-order valence-electron chi connectivity index (χ4n) is 1.90. The van der Waals surface area contributed by atoms with Crippen molar-refractivity contribution in [2.24, 2.45) is 0 Å². The van der Waals surface area contributed by atoms with Gasteiger partial charge in [0, 0.05) is 18.2 Å². The summed E-state index contributed by atoms with van der Waals surface area (Å²) in [5.74, 6) is 1.69. The van der Waals surface area contributed by atoms with Crippen LogP contribution in [-0.2, 0) is 4.74 Å². The predicted octanol–water partition coefficient (Wildman–Crippen LogP) is 2.95. The first-order chi connectivity index (χ1) is 9.72. The maximum Gasteiger partial charge on any atom is 0.123 e. The first-order valence-electron chi connectivity index (χ1n) is 6.86. The second-order valence-corrected chi connectivity index (χ2v) is 4.47. The summed E-state index contributed by atoms with van der Waals surface area (Å²) in [5, 5.41) is 3.42. The molecular formula is C16H25NO3. The zero-order valence-corrected chi connectivity index (χ0v) is 12.6. The summed E-state index contributed by atoms with van der Waals surface area (Å²) in [4.78, 5) is 0. The molecule has 1 aromatic rings. The lowest BCUT2D eigenvalue weighted by atomic mass is 10.1. The highest BCUT2D eigenvalue weighted by molar-refractivity contribution is 5.42. The smallest absolute Gasteiger partial charge is 0.123 e. The van der Waals surface area contributed by atoms with Gasteiger partial charge in [-0.15, -0.1) is 6.58 Å². The Morgan fingerprint density at radius 2 is 2.05 bits per heavy atom. The molecule has 0 aliphatic heterocycles. The summed E-state index contributed by atoms with van der Waals surface area (Å²) < 4.78 is 16.1. The van der Waals surface area contributed by atoms with E-state index in [9.17, 15) is 0 Å². The summed E-state index contributed by atoms with van der Waals surface area (Å²) in [5.41, 5.74) is 1.08. The molecule has 112 valence electrons. The van der Waals surface area contributed by atoms with Crippen LogP contribution in [0.2, 0.25) is 0 Å². The van der Waals surface area contributed by atoms with Gasteiger partial charge in [-0.2, -0.15) is 0 Å². The van der Waals surface area contributed by atoms with E-state index in [1.165, 1.54) is 0 Å². The van der Waals surface area contributed by atoms with Crippen LogP contribution in [-0.4, -0.2) is 34.0 Å². The summed E-state index contributed by atoms with van der Waals surface area (Å²) in [6, 6.07) is 5.98. The van der Waals surface area contributed by atoms with Gasteiger partial charge in [0.1, 0.15) is 11.5 Å². The first kappa shape index (κ1) is 16.5. The molecule has 1 rings (SSSR count). The van der Waals surface area contributed by atoms with Gasteiger partial charge in [0.25, 0.3) is 0 Å². The minimum atomic E-state index is 0.169. The number of hydrogen-bond acceptors (Lipinski definition) is 4. The minimum Gasteiger partial charge on any atom is -0.497 e. The largest absolute Gasteiger partial charge is 0.497 e. The molecule has 0 heterocycles. The second-order valence-electron chi connectivity index (χ2n) is 4.47. The van der Waals surface area contributed by atoms with Crippen LogP contribution in [0, 0.1) is 0 Å². The van der Waals surface area contributed by atoms with E-state index in [1.54, 1.807) is 14.2 Å². The molecule has 0 aromatic heterocycles. The standard InChI is InChI=1S/C16H25NO3/c1-5-6-10-20-11-9-17-13(2)15-12-14(18-3)7-8-16(15)19-4/h5,7-8,12-13,17H,1,6,9-11H2,2-4H3. The van der Waals surface area contributed by atoms with Gasteiger partial charge in [-0.3, -0.25) is 0 Å². The molecule has 0 saturated heterocycles. The van der Waals surface area contributed by atoms with Crippen molar-refractivity contribution in [1.82, 2.24) is 5.32 Å². The average Bonchev–Trinajstić information content (AvgIpc) is 2.49. The van der Waals surface area contributed by atoms with Crippen LogP contribution in [0.4, 0.5) is 0 Å². The Kier molecular flexibility index (Phi) is 7.77. The molecule has 1 aromatic carbocycles. The zero-order chi connectivity index (χ0) is 14.8. The van der Waals surface area contributed by atoms with Crippen LogP contribution in [0.15, 0.2) is 30.9 Å². The van der Waals surface area contributed by atoms with Crippen LogP contribution in [0.3, 0.4) is 0 Å². The van der Waals surface area contributed by atoms with E-state index in [2.05, 4.69) is 18.8 Å². The van der Waals surface area contributed by atoms with Crippen molar-refractivity contribution < 1.29 is 14.2 Å². The predicted molar refractivity (Wildman–Crippen MR) is 81.6 cm³/mol. The molecule has 1 atom stereocenters. The van der Waals surface area contributed by atoms with E-state index in [1.807, 2.05) is 24.3 Å². The molecule has 0 fully saturated rings. The third-order valence-electron chi connectivity index (χ3n) is 3.07. The molecule has 0 bridgehead atoms. The van der Waals surface area contributed by atoms with Crippen molar-refractivity contribution in [2.45, 2.75) is 19.4 Å². The summed E-state index contributed by atoms with van der Waals surface area (Å²) in [7, 11) is 3.34. The molecule has 4 heteroatoms. The Labute approximate surface area is 121 Å². The van der Waals surface area contributed by atoms with Crippen LogP contribution in [0.1, 0.15) is 24.9 Å². The highest BCUT2D eigenvalue weighted by atomic mass is 16.5. The van der Waals surface area contributed by atoms with E-state index in [0.717, 1.165) is 36.6 Å². The van der Waals surface area contributed by atoms with E-state index in [0.29, 0.717) is 6.61 Å². The number of hydrogen-bond donors (Lipinski definition) is 1. The Bertz CT molecular complexity index is 407. The Balaban J connectivity index is 2.49. The van der Waals surface area contributed by atoms with Gasteiger partial charge in [0.15, 0.2) is 0 Å². The van der Waals surface area contributed by atoms with Crippen molar-refractivity contribution in [3.8, 4) is 11.5 Å². The highest BCUT2D eigenvalue weighted by Gasteiger charge is 2.12. The molecular weight excluding hydrogens is 254 g/mol. The van der Waals surface area contributed by atoms with Gasteiger partial charge in [0.05, 0.1) is 27.4 Å². The molecule has 0 aliphatic carbocycles. The van der Waals surface area contributed by atoms with Gasteiger partial charge >= 0.3 is 0 Å². The first-order valence-corrected chi connectivity index (χ1v) is 6.86. The topological polar surface area (TPSA) is 39.7 Å². The lowest BCUT2D eigenvalue weighted by Gasteiger charge is -2.18. The lowest BCUT2D eigenvalue weighted by molar-refractivity contribution is 0.138. The van der Waals surface area contributed by atoms with E-state index < -0.39 is 0 Å². The lowest BCUT2D eigenvalue weighted by Crippen LogP contribution is -2.23. The third kappa shape index (κ3) is 5.23. The van der Waals surface area contributed by atoms with Gasteiger partial charge in [-0.05, 0) is 31.5 Å². The van der Waals surface area contributed by atoms with Crippen LogP contribution in [0.25, 0.3) is 0 Å². The molecule has 0 saturated carbocycles. The third-order valence-corrected chi connectivity index (χ3v) is 3.07. The summed E-state index contributed by atoms with van der Waals surface area (Å²) in [6.45, 7) is 7.96. The van der Waals surface area contributed by atoms with Gasteiger partial charge in [0.2, 0.25) is 0 Å². The summed E-state index contributed by atoms with van der Waals surface area (Å²) in [6.07, 6.45) is 2.75. The Morgan fingerprint density at radius 3 is 2.70 bits per heavy atom. The maximum absolute atomic E-state index is 5.47. The normalized spacial score (nSPS) is 11.9. The fourth-order valence-corrected chi connectivity index (χ4v) is 1.90. The van der Waals surface area contributed by atoms with E-state index in [-0.39, 0.29) is 6.04 Å². The number of benzene rings is 1. The Morgan fingerprint density at radius 1 is 1.25 bits per heavy atom. The SMILES string of the molecule is C=CCCOCCNC(C)c1cc(OC)ccc1OC. The van der Waals surface area contributed by atoms with Crippen molar-refractivity contribution >= 4 is 0 Å². The molecule has 1 N–H and O–H groups in total. The van der Waals surface area contributed by atoms with E-state index >= 15 is 0 Å². The number of nitrogens with one attached hydrogen (secondary N) is 1.